The number of ether oxygens (including phenoxy) is 1. The third-order valence-electron chi connectivity index (χ3n) is 3.17. The molecule has 0 saturated carbocycles. The molecule has 0 aliphatic rings. The molecule has 0 radical (unpaired) electrons. The number of hydrogen-bond donors (Lipinski definition) is 1. The lowest BCUT2D eigenvalue weighted by Crippen LogP contribution is -2.11. The fourth-order valence-electron chi connectivity index (χ4n) is 1.97. The van der Waals surface area contributed by atoms with Gasteiger partial charge in [-0.05, 0) is 30.3 Å². The van der Waals surface area contributed by atoms with Gasteiger partial charge in [-0.1, -0.05) is 20.8 Å². The van der Waals surface area contributed by atoms with Crippen molar-refractivity contribution in [3.05, 3.63) is 48.4 Å². The Labute approximate surface area is 122 Å². The Kier molecular flexibility index (Phi) is 3.05. The van der Waals surface area contributed by atoms with E-state index in [1.54, 1.807) is 41.2 Å². The molecule has 108 valence electrons. The van der Waals surface area contributed by atoms with Crippen molar-refractivity contribution in [1.29, 1.82) is 0 Å². The fraction of sp³-hybridized carbons (Fsp3) is 0.250. The molecule has 3 aromatic rings. The third kappa shape index (κ3) is 2.67. The highest BCUT2D eigenvalue weighted by Gasteiger charge is 2.19. The van der Waals surface area contributed by atoms with E-state index in [2.05, 4.69) is 30.9 Å². The fourth-order valence-corrected chi connectivity index (χ4v) is 1.97. The second kappa shape index (κ2) is 4.77. The van der Waals surface area contributed by atoms with Gasteiger partial charge < -0.3 is 9.84 Å². The molecule has 0 fully saturated rings. The van der Waals surface area contributed by atoms with Gasteiger partial charge in [0, 0.05) is 17.8 Å². The molecule has 0 unspecified atom stereocenters. The maximum atomic E-state index is 9.30. The summed E-state index contributed by atoms with van der Waals surface area (Å²) in [6, 6.07) is 8.53. The van der Waals surface area contributed by atoms with Crippen molar-refractivity contribution in [2.45, 2.75) is 26.2 Å². The predicted octanol–water partition coefficient (Wildman–Crippen LogP) is 3.52. The van der Waals surface area contributed by atoms with E-state index in [9.17, 15) is 5.11 Å². The Morgan fingerprint density at radius 1 is 1.14 bits per heavy atom. The monoisotopic (exact) mass is 283 g/mol. The molecule has 0 atom stereocenters. The van der Waals surface area contributed by atoms with Crippen LogP contribution >= 0.6 is 0 Å². The molecular weight excluding hydrogens is 266 g/mol. The highest BCUT2D eigenvalue weighted by molar-refractivity contribution is 5.58. The molecule has 5 nitrogen and oxygen atoms in total. The van der Waals surface area contributed by atoms with Gasteiger partial charge in [0.05, 0.1) is 5.69 Å². The minimum Gasteiger partial charge on any atom is -0.508 e. The summed E-state index contributed by atoms with van der Waals surface area (Å²) in [7, 11) is 0. The molecule has 21 heavy (non-hydrogen) atoms. The summed E-state index contributed by atoms with van der Waals surface area (Å²) < 4.78 is 7.56. The molecule has 0 saturated heterocycles. The topological polar surface area (TPSA) is 59.7 Å². The third-order valence-corrected chi connectivity index (χ3v) is 3.17. The number of benzene rings is 1. The first kappa shape index (κ1) is 13.4. The summed E-state index contributed by atoms with van der Waals surface area (Å²) in [6.45, 7) is 6.34. The number of aromatic nitrogens is 3. The van der Waals surface area contributed by atoms with Crippen molar-refractivity contribution in [2.24, 2.45) is 0 Å². The number of phenols is 1. The van der Waals surface area contributed by atoms with Crippen LogP contribution in [0, 0.1) is 0 Å². The van der Waals surface area contributed by atoms with Crippen molar-refractivity contribution in [3.63, 3.8) is 0 Å². The summed E-state index contributed by atoms with van der Waals surface area (Å²) >= 11 is 0. The Bertz CT molecular complexity index is 770. The number of fused-ring (bicyclic) bond motifs is 1. The average molecular weight is 283 g/mol. The molecule has 2 aromatic heterocycles. The van der Waals surface area contributed by atoms with Gasteiger partial charge in [0.25, 0.3) is 0 Å². The maximum absolute atomic E-state index is 9.30. The first-order valence-electron chi connectivity index (χ1n) is 6.75. The summed E-state index contributed by atoms with van der Waals surface area (Å²) in [5.41, 5.74) is 1.75. The smallest absolute Gasteiger partial charge is 0.245 e. The molecule has 3 rings (SSSR count). The number of rotatable bonds is 2. The second-order valence-electron chi connectivity index (χ2n) is 5.94. The van der Waals surface area contributed by atoms with Crippen LogP contribution in [0.15, 0.2) is 42.7 Å². The number of nitrogens with zero attached hydrogens (tertiary/aromatic N) is 3. The first-order chi connectivity index (χ1) is 9.93. The van der Waals surface area contributed by atoms with E-state index in [4.69, 9.17) is 4.74 Å². The molecule has 0 amide bonds. The molecule has 1 N–H and O–H groups in total. The lowest BCUT2D eigenvalue weighted by molar-refractivity contribution is 0.456. The SMILES string of the molecule is CC(C)(C)c1cc2c(Oc3ccc(O)cc3)nccn2n1. The Morgan fingerprint density at radius 3 is 2.52 bits per heavy atom. The van der Waals surface area contributed by atoms with Crippen LogP contribution in [-0.2, 0) is 5.41 Å². The molecule has 0 spiro atoms. The van der Waals surface area contributed by atoms with E-state index < -0.39 is 0 Å². The van der Waals surface area contributed by atoms with Crippen molar-refractivity contribution in [2.75, 3.05) is 0 Å². The van der Waals surface area contributed by atoms with Crippen molar-refractivity contribution in [1.82, 2.24) is 14.6 Å². The van der Waals surface area contributed by atoms with Gasteiger partial charge in [-0.2, -0.15) is 5.10 Å². The second-order valence-corrected chi connectivity index (χ2v) is 5.94. The highest BCUT2D eigenvalue weighted by Crippen LogP contribution is 2.28. The van der Waals surface area contributed by atoms with Gasteiger partial charge in [0.1, 0.15) is 17.0 Å². The van der Waals surface area contributed by atoms with Crippen LogP contribution in [0.1, 0.15) is 26.5 Å². The summed E-state index contributed by atoms with van der Waals surface area (Å²) in [5.74, 6) is 1.31. The quantitative estimate of drug-likeness (QED) is 0.781. The summed E-state index contributed by atoms with van der Waals surface area (Å²) in [5, 5.41) is 13.9. The standard InChI is InChI=1S/C16H17N3O2/c1-16(2,3)14-10-13-15(17-8-9-19(13)18-14)21-12-6-4-11(20)5-7-12/h4-10,20H,1-3H3. The van der Waals surface area contributed by atoms with Crippen LogP contribution in [0.5, 0.6) is 17.4 Å². The number of phenolic OH excluding ortho intramolecular Hbond substituents is 1. The highest BCUT2D eigenvalue weighted by atomic mass is 16.5. The molecule has 5 heteroatoms. The van der Waals surface area contributed by atoms with Gasteiger partial charge in [0.15, 0.2) is 0 Å². The van der Waals surface area contributed by atoms with Crippen molar-refractivity contribution in [3.8, 4) is 17.4 Å². The molecule has 0 aliphatic heterocycles. The summed E-state index contributed by atoms with van der Waals surface area (Å²) in [4.78, 5) is 4.27. The van der Waals surface area contributed by atoms with Gasteiger partial charge in [0.2, 0.25) is 5.88 Å². The van der Waals surface area contributed by atoms with Crippen LogP contribution in [0.2, 0.25) is 0 Å². The molecule has 0 bridgehead atoms. The average Bonchev–Trinajstić information content (AvgIpc) is 2.86. The zero-order chi connectivity index (χ0) is 15.0. The van der Waals surface area contributed by atoms with Gasteiger partial charge in [-0.3, -0.25) is 0 Å². The Hall–Kier alpha value is -2.56. The van der Waals surface area contributed by atoms with Crippen LogP contribution < -0.4 is 4.74 Å². The lowest BCUT2D eigenvalue weighted by Gasteiger charge is -2.13. The predicted molar refractivity (Wildman–Crippen MR) is 79.9 cm³/mol. The van der Waals surface area contributed by atoms with E-state index in [-0.39, 0.29) is 11.2 Å². The van der Waals surface area contributed by atoms with Crippen LogP contribution in [0.3, 0.4) is 0 Å². The van der Waals surface area contributed by atoms with Crippen molar-refractivity contribution >= 4 is 5.52 Å². The van der Waals surface area contributed by atoms with Crippen LogP contribution in [0.25, 0.3) is 5.52 Å². The van der Waals surface area contributed by atoms with Gasteiger partial charge in [-0.15, -0.1) is 0 Å². The van der Waals surface area contributed by atoms with E-state index >= 15 is 0 Å². The van der Waals surface area contributed by atoms with Gasteiger partial charge in [-0.25, -0.2) is 9.50 Å². The normalized spacial score (nSPS) is 11.8. The van der Waals surface area contributed by atoms with Crippen LogP contribution in [0.4, 0.5) is 0 Å². The van der Waals surface area contributed by atoms with E-state index in [1.165, 1.54) is 0 Å². The van der Waals surface area contributed by atoms with Crippen molar-refractivity contribution < 1.29 is 9.84 Å². The van der Waals surface area contributed by atoms with E-state index in [0.29, 0.717) is 11.6 Å². The van der Waals surface area contributed by atoms with Crippen LogP contribution in [-0.4, -0.2) is 19.7 Å². The Morgan fingerprint density at radius 2 is 1.86 bits per heavy atom. The maximum Gasteiger partial charge on any atom is 0.245 e. The number of aromatic hydroxyl groups is 1. The summed E-state index contributed by atoms with van der Waals surface area (Å²) in [6.07, 6.45) is 3.45. The number of hydrogen-bond acceptors (Lipinski definition) is 4. The van der Waals surface area contributed by atoms with Gasteiger partial charge >= 0.3 is 0 Å². The van der Waals surface area contributed by atoms with E-state index in [0.717, 1.165) is 11.2 Å². The molecule has 1 aromatic carbocycles. The minimum absolute atomic E-state index is 0.0399. The molecular formula is C16H17N3O2. The molecule has 2 heterocycles. The lowest BCUT2D eigenvalue weighted by atomic mass is 9.92. The first-order valence-corrected chi connectivity index (χ1v) is 6.75. The van der Waals surface area contributed by atoms with E-state index in [1.807, 2.05) is 6.07 Å². The Balaban J connectivity index is 2.02. The zero-order valence-electron chi connectivity index (χ0n) is 12.2. The zero-order valence-corrected chi connectivity index (χ0v) is 12.2. The largest absolute Gasteiger partial charge is 0.508 e. The minimum atomic E-state index is -0.0399. The molecule has 0 aliphatic carbocycles.